The van der Waals surface area contributed by atoms with Gasteiger partial charge in [-0.15, -0.1) is 0 Å². The van der Waals surface area contributed by atoms with Crippen LogP contribution in [0.5, 0.6) is 5.95 Å². The van der Waals surface area contributed by atoms with E-state index in [2.05, 4.69) is 14.1 Å². The van der Waals surface area contributed by atoms with Crippen LogP contribution in [0.4, 0.5) is 13.2 Å². The van der Waals surface area contributed by atoms with E-state index in [1.54, 1.807) is 0 Å². The fraction of sp³-hybridized carbons (Fsp3) is 0.500. The van der Waals surface area contributed by atoms with Crippen LogP contribution in [0.15, 0.2) is 4.42 Å². The molecule has 0 bridgehead atoms. The maximum Gasteiger partial charge on any atom is 0.469 e. The van der Waals surface area contributed by atoms with Gasteiger partial charge >= 0.3 is 18.0 Å². The SMILES string of the molecule is COc1oc(C(F)(F)F)nc1CN. The molecule has 0 saturated heterocycles. The molecule has 0 unspecified atom stereocenters. The number of nitrogens with zero attached hydrogens (tertiary/aromatic N) is 1. The molecule has 1 aromatic heterocycles. The van der Waals surface area contributed by atoms with Crippen molar-refractivity contribution in [3.63, 3.8) is 0 Å². The molecule has 2 N–H and O–H groups in total. The standard InChI is InChI=1S/C6H7F3N2O2/c1-12-4-3(2-10)11-5(13-4)6(7,8)9/h2,10H2,1H3. The van der Waals surface area contributed by atoms with Gasteiger partial charge in [-0.2, -0.15) is 13.2 Å². The summed E-state index contributed by atoms with van der Waals surface area (Å²) >= 11 is 0. The first-order chi connectivity index (χ1) is 5.99. The zero-order chi connectivity index (χ0) is 10.1. The number of ether oxygens (including phenoxy) is 1. The lowest BCUT2D eigenvalue weighted by Crippen LogP contribution is -2.06. The Morgan fingerprint density at radius 3 is 2.46 bits per heavy atom. The maximum atomic E-state index is 12.0. The second kappa shape index (κ2) is 3.25. The first-order valence-corrected chi connectivity index (χ1v) is 3.30. The highest BCUT2D eigenvalue weighted by Crippen LogP contribution is 2.32. The highest BCUT2D eigenvalue weighted by atomic mass is 19.4. The number of hydrogen-bond donors (Lipinski definition) is 1. The van der Waals surface area contributed by atoms with E-state index in [1.807, 2.05) is 0 Å². The van der Waals surface area contributed by atoms with E-state index in [1.165, 1.54) is 7.11 Å². The Balaban J connectivity index is 3.07. The number of alkyl halides is 3. The number of oxazole rings is 1. The summed E-state index contributed by atoms with van der Waals surface area (Å²) < 4.78 is 44.8. The van der Waals surface area contributed by atoms with Crippen LogP contribution < -0.4 is 10.5 Å². The number of methoxy groups -OCH3 is 1. The van der Waals surface area contributed by atoms with Crippen molar-refractivity contribution in [3.05, 3.63) is 11.6 Å². The van der Waals surface area contributed by atoms with E-state index in [9.17, 15) is 13.2 Å². The fourth-order valence-electron chi connectivity index (χ4n) is 0.747. The third-order valence-electron chi connectivity index (χ3n) is 1.28. The zero-order valence-electron chi connectivity index (χ0n) is 6.68. The zero-order valence-corrected chi connectivity index (χ0v) is 6.68. The van der Waals surface area contributed by atoms with Crippen molar-refractivity contribution in [2.24, 2.45) is 5.73 Å². The minimum Gasteiger partial charge on any atom is -0.467 e. The molecule has 0 fully saturated rings. The van der Waals surface area contributed by atoms with Crippen molar-refractivity contribution in [1.29, 1.82) is 0 Å². The Morgan fingerprint density at radius 2 is 2.15 bits per heavy atom. The predicted molar refractivity (Wildman–Crippen MR) is 35.9 cm³/mol. The lowest BCUT2D eigenvalue weighted by Gasteiger charge is -1.97. The molecule has 74 valence electrons. The first-order valence-electron chi connectivity index (χ1n) is 3.30. The Bertz CT molecular complexity index is 273. The third kappa shape index (κ3) is 1.92. The van der Waals surface area contributed by atoms with E-state index >= 15 is 0 Å². The van der Waals surface area contributed by atoms with Gasteiger partial charge in [0.1, 0.15) is 5.69 Å². The van der Waals surface area contributed by atoms with Gasteiger partial charge in [-0.25, -0.2) is 4.98 Å². The summed E-state index contributed by atoms with van der Waals surface area (Å²) in [5.74, 6) is -1.64. The van der Waals surface area contributed by atoms with Crippen LogP contribution in [0.3, 0.4) is 0 Å². The average Bonchev–Trinajstić information content (AvgIpc) is 2.45. The van der Waals surface area contributed by atoms with Crippen molar-refractivity contribution in [3.8, 4) is 5.95 Å². The summed E-state index contributed by atoms with van der Waals surface area (Å²) in [5.41, 5.74) is 5.07. The summed E-state index contributed by atoms with van der Waals surface area (Å²) in [5, 5.41) is 0. The molecular weight excluding hydrogens is 189 g/mol. The molecule has 0 aliphatic carbocycles. The Kier molecular flexibility index (Phi) is 2.46. The Labute approximate surface area is 71.5 Å². The van der Waals surface area contributed by atoms with Gasteiger partial charge in [0.05, 0.1) is 7.11 Å². The van der Waals surface area contributed by atoms with Gasteiger partial charge in [-0.3, -0.25) is 0 Å². The van der Waals surface area contributed by atoms with Crippen LogP contribution in [0.1, 0.15) is 11.6 Å². The molecule has 0 aliphatic rings. The van der Waals surface area contributed by atoms with Crippen LogP contribution in [0.2, 0.25) is 0 Å². The molecule has 4 nitrogen and oxygen atoms in total. The number of aromatic nitrogens is 1. The summed E-state index contributed by atoms with van der Waals surface area (Å²) in [6.45, 7) is -0.164. The van der Waals surface area contributed by atoms with Crippen LogP contribution in [-0.2, 0) is 12.7 Å². The Morgan fingerprint density at radius 1 is 1.54 bits per heavy atom. The van der Waals surface area contributed by atoms with Gasteiger partial charge in [-0.05, 0) is 0 Å². The largest absolute Gasteiger partial charge is 0.469 e. The van der Waals surface area contributed by atoms with E-state index in [0.717, 1.165) is 0 Å². The third-order valence-corrected chi connectivity index (χ3v) is 1.28. The van der Waals surface area contributed by atoms with Gasteiger partial charge in [0.15, 0.2) is 0 Å². The first kappa shape index (κ1) is 9.85. The maximum absolute atomic E-state index is 12.0. The smallest absolute Gasteiger partial charge is 0.467 e. The molecule has 0 spiro atoms. The summed E-state index contributed by atoms with van der Waals surface area (Å²) in [6.07, 6.45) is -4.61. The molecule has 0 saturated carbocycles. The number of nitrogens with two attached hydrogens (primary N) is 1. The molecule has 13 heavy (non-hydrogen) atoms. The van der Waals surface area contributed by atoms with Gasteiger partial charge in [0, 0.05) is 6.54 Å². The molecule has 0 aromatic carbocycles. The predicted octanol–water partition coefficient (Wildman–Crippen LogP) is 1.16. The normalized spacial score (nSPS) is 11.8. The second-order valence-corrected chi connectivity index (χ2v) is 2.16. The van der Waals surface area contributed by atoms with Gasteiger partial charge in [0.2, 0.25) is 0 Å². The Hall–Kier alpha value is -1.24. The summed E-state index contributed by atoms with van der Waals surface area (Å²) in [4.78, 5) is 3.13. The van der Waals surface area contributed by atoms with E-state index in [0.29, 0.717) is 0 Å². The number of halogens is 3. The molecule has 0 radical (unpaired) electrons. The lowest BCUT2D eigenvalue weighted by molar-refractivity contribution is -0.157. The highest BCUT2D eigenvalue weighted by Gasteiger charge is 2.38. The number of rotatable bonds is 2. The average molecular weight is 196 g/mol. The summed E-state index contributed by atoms with van der Waals surface area (Å²) in [6, 6.07) is 0. The molecule has 1 rings (SSSR count). The topological polar surface area (TPSA) is 61.3 Å². The quantitative estimate of drug-likeness (QED) is 0.770. The molecule has 1 heterocycles. The fourth-order valence-corrected chi connectivity index (χ4v) is 0.747. The lowest BCUT2D eigenvalue weighted by atomic mass is 10.5. The van der Waals surface area contributed by atoms with Gasteiger partial charge in [-0.1, -0.05) is 0 Å². The van der Waals surface area contributed by atoms with Crippen LogP contribution >= 0.6 is 0 Å². The molecule has 0 amide bonds. The molecule has 1 aromatic rings. The van der Waals surface area contributed by atoms with E-state index in [-0.39, 0.29) is 18.2 Å². The van der Waals surface area contributed by atoms with Crippen molar-refractivity contribution >= 4 is 0 Å². The monoisotopic (exact) mass is 196 g/mol. The molecule has 7 heteroatoms. The number of hydrogen-bond acceptors (Lipinski definition) is 4. The molecule has 0 atom stereocenters. The highest BCUT2D eigenvalue weighted by molar-refractivity contribution is 5.16. The minimum atomic E-state index is -4.61. The molecular formula is C6H7F3N2O2. The van der Waals surface area contributed by atoms with Crippen molar-refractivity contribution in [1.82, 2.24) is 4.98 Å². The van der Waals surface area contributed by atoms with Gasteiger partial charge < -0.3 is 14.9 Å². The van der Waals surface area contributed by atoms with Crippen molar-refractivity contribution in [2.45, 2.75) is 12.7 Å². The minimum absolute atomic E-state index is 0.0465. The van der Waals surface area contributed by atoms with E-state index in [4.69, 9.17) is 5.73 Å². The van der Waals surface area contributed by atoms with Crippen molar-refractivity contribution in [2.75, 3.05) is 7.11 Å². The van der Waals surface area contributed by atoms with E-state index < -0.39 is 12.1 Å². The second-order valence-electron chi connectivity index (χ2n) is 2.16. The van der Waals surface area contributed by atoms with Gasteiger partial charge in [0.25, 0.3) is 0 Å². The molecule has 0 aliphatic heterocycles. The van der Waals surface area contributed by atoms with Crippen LogP contribution in [0, 0.1) is 0 Å². The van der Waals surface area contributed by atoms with Crippen LogP contribution in [-0.4, -0.2) is 12.1 Å². The summed E-state index contributed by atoms with van der Waals surface area (Å²) in [7, 11) is 1.18. The van der Waals surface area contributed by atoms with Crippen LogP contribution in [0.25, 0.3) is 0 Å². The van der Waals surface area contributed by atoms with Crippen molar-refractivity contribution < 1.29 is 22.3 Å².